The van der Waals surface area contributed by atoms with Crippen molar-refractivity contribution < 1.29 is 14.3 Å². The molecule has 1 saturated heterocycles. The maximum absolute atomic E-state index is 11.9. The van der Waals surface area contributed by atoms with E-state index in [1.165, 1.54) is 6.92 Å². The largest absolute Gasteiger partial charge is 0.453 e. The number of carbonyl (C=O) groups excluding carboxylic acids is 1. The predicted molar refractivity (Wildman–Crippen MR) is 128 cm³/mol. The number of morpholine rings is 1. The van der Waals surface area contributed by atoms with Crippen LogP contribution in [-0.4, -0.2) is 52.2 Å². The Morgan fingerprint density at radius 1 is 1.18 bits per heavy atom. The standard InChI is InChI=1S/C25H26N6O3/c1-17(32)34-23(18-6-5-9-26-15-18)19-14-21-22(27-16-19)24(31-10-12-33-13-11-31)30-25(29-21)28-20-7-3-2-4-8-20/h3,5-9,14-16,23H,2,4,10-13H2,1H3,(H,28,29,30). The van der Waals surface area contributed by atoms with Crippen LogP contribution in [0.2, 0.25) is 0 Å². The van der Waals surface area contributed by atoms with Crippen molar-refractivity contribution >= 4 is 28.8 Å². The van der Waals surface area contributed by atoms with Crippen molar-refractivity contribution in [1.29, 1.82) is 0 Å². The van der Waals surface area contributed by atoms with E-state index in [9.17, 15) is 4.79 Å². The summed E-state index contributed by atoms with van der Waals surface area (Å²) in [5, 5.41) is 3.34. The number of esters is 1. The minimum atomic E-state index is -0.634. The molecule has 0 saturated carbocycles. The van der Waals surface area contributed by atoms with Crippen LogP contribution in [-0.2, 0) is 14.3 Å². The van der Waals surface area contributed by atoms with Crippen molar-refractivity contribution in [1.82, 2.24) is 19.9 Å². The quantitative estimate of drug-likeness (QED) is 0.556. The van der Waals surface area contributed by atoms with Crippen LogP contribution in [0.1, 0.15) is 37.0 Å². The van der Waals surface area contributed by atoms with E-state index >= 15 is 0 Å². The van der Waals surface area contributed by atoms with Gasteiger partial charge in [0.25, 0.3) is 0 Å². The highest BCUT2D eigenvalue weighted by atomic mass is 16.5. The lowest BCUT2D eigenvalue weighted by atomic mass is 10.0. The Bertz CT molecular complexity index is 1240. The lowest BCUT2D eigenvalue weighted by Crippen LogP contribution is -2.37. The number of rotatable bonds is 6. The average Bonchev–Trinajstić information content (AvgIpc) is 2.88. The molecule has 0 aromatic carbocycles. The summed E-state index contributed by atoms with van der Waals surface area (Å²) in [6.07, 6.45) is 12.8. The van der Waals surface area contributed by atoms with E-state index in [0.717, 1.165) is 43.0 Å². The van der Waals surface area contributed by atoms with Crippen LogP contribution in [0.5, 0.6) is 0 Å². The molecule has 34 heavy (non-hydrogen) atoms. The molecule has 4 heterocycles. The van der Waals surface area contributed by atoms with Gasteiger partial charge in [-0.15, -0.1) is 0 Å². The first-order valence-electron chi connectivity index (χ1n) is 11.4. The van der Waals surface area contributed by atoms with Gasteiger partial charge in [-0.05, 0) is 31.1 Å². The van der Waals surface area contributed by atoms with Crippen LogP contribution < -0.4 is 10.2 Å². The van der Waals surface area contributed by atoms with E-state index in [-0.39, 0.29) is 5.97 Å². The Morgan fingerprint density at radius 3 is 2.79 bits per heavy atom. The number of hydrogen-bond acceptors (Lipinski definition) is 9. The second-order valence-electron chi connectivity index (χ2n) is 8.15. The van der Waals surface area contributed by atoms with Gasteiger partial charge in [0.2, 0.25) is 5.95 Å². The summed E-state index contributed by atoms with van der Waals surface area (Å²) in [6, 6.07) is 5.59. The molecule has 0 amide bonds. The number of allylic oxidation sites excluding steroid dienone is 3. The minimum absolute atomic E-state index is 0.385. The molecule has 1 unspecified atom stereocenters. The van der Waals surface area contributed by atoms with Crippen LogP contribution in [0, 0.1) is 0 Å². The number of anilines is 2. The molecule has 2 aliphatic rings. The van der Waals surface area contributed by atoms with E-state index in [2.05, 4.69) is 27.4 Å². The number of nitrogens with one attached hydrogen (secondary N) is 1. The van der Waals surface area contributed by atoms with E-state index in [1.54, 1.807) is 18.6 Å². The SMILES string of the molecule is CC(=O)OC(c1cccnc1)c1cnc2c(N3CCOCC3)nc(NC3=CCCC=C3)nc2c1. The predicted octanol–water partition coefficient (Wildman–Crippen LogP) is 3.55. The number of fused-ring (bicyclic) bond motifs is 1. The number of pyridine rings is 2. The Morgan fingerprint density at radius 2 is 2.06 bits per heavy atom. The third-order valence-electron chi connectivity index (χ3n) is 5.67. The summed E-state index contributed by atoms with van der Waals surface area (Å²) in [4.78, 5) is 32.5. The third-order valence-corrected chi connectivity index (χ3v) is 5.67. The maximum Gasteiger partial charge on any atom is 0.303 e. The topological polar surface area (TPSA) is 102 Å². The van der Waals surface area contributed by atoms with Crippen LogP contribution in [0.3, 0.4) is 0 Å². The number of hydrogen-bond donors (Lipinski definition) is 1. The van der Waals surface area contributed by atoms with E-state index < -0.39 is 6.10 Å². The number of aromatic nitrogens is 4. The number of nitrogens with zero attached hydrogens (tertiary/aromatic N) is 5. The first-order chi connectivity index (χ1) is 16.7. The van der Waals surface area contributed by atoms with E-state index in [4.69, 9.17) is 24.4 Å². The molecule has 1 fully saturated rings. The fourth-order valence-corrected chi connectivity index (χ4v) is 4.07. The molecule has 1 aliphatic carbocycles. The molecular weight excluding hydrogens is 432 g/mol. The van der Waals surface area contributed by atoms with Gasteiger partial charge in [-0.2, -0.15) is 4.98 Å². The second kappa shape index (κ2) is 9.96. The van der Waals surface area contributed by atoms with Crippen molar-refractivity contribution in [3.05, 3.63) is 71.8 Å². The third kappa shape index (κ3) is 4.89. The first kappa shape index (κ1) is 22.0. The zero-order chi connectivity index (χ0) is 23.3. The van der Waals surface area contributed by atoms with Crippen molar-refractivity contribution in [3.8, 4) is 0 Å². The van der Waals surface area contributed by atoms with Gasteiger partial charge < -0.3 is 19.7 Å². The van der Waals surface area contributed by atoms with Gasteiger partial charge >= 0.3 is 5.97 Å². The van der Waals surface area contributed by atoms with Crippen molar-refractivity contribution in [2.45, 2.75) is 25.9 Å². The molecule has 174 valence electrons. The Kier molecular flexibility index (Phi) is 6.44. The minimum Gasteiger partial charge on any atom is -0.453 e. The Balaban J connectivity index is 1.59. The molecule has 3 aromatic rings. The smallest absolute Gasteiger partial charge is 0.303 e. The molecule has 0 radical (unpaired) electrons. The van der Waals surface area contributed by atoms with Gasteiger partial charge in [0.15, 0.2) is 11.9 Å². The first-order valence-corrected chi connectivity index (χ1v) is 11.4. The van der Waals surface area contributed by atoms with Gasteiger partial charge in [-0.3, -0.25) is 14.8 Å². The second-order valence-corrected chi connectivity index (χ2v) is 8.15. The summed E-state index contributed by atoms with van der Waals surface area (Å²) >= 11 is 0. The van der Waals surface area contributed by atoms with Gasteiger partial charge in [0, 0.05) is 55.4 Å². The summed E-state index contributed by atoms with van der Waals surface area (Å²) in [5.41, 5.74) is 3.80. The van der Waals surface area contributed by atoms with Crippen molar-refractivity contribution in [3.63, 3.8) is 0 Å². The molecular formula is C25H26N6O3. The Labute approximate surface area is 197 Å². The van der Waals surface area contributed by atoms with E-state index in [1.807, 2.05) is 24.3 Å². The summed E-state index contributed by atoms with van der Waals surface area (Å²) in [7, 11) is 0. The fraction of sp³-hybridized carbons (Fsp3) is 0.320. The number of ether oxygens (including phenoxy) is 2. The molecule has 5 rings (SSSR count). The molecule has 1 N–H and O–H groups in total. The monoisotopic (exact) mass is 458 g/mol. The molecule has 9 heteroatoms. The van der Waals surface area contributed by atoms with Crippen molar-refractivity contribution in [2.24, 2.45) is 0 Å². The van der Waals surface area contributed by atoms with Crippen LogP contribution in [0.25, 0.3) is 11.0 Å². The van der Waals surface area contributed by atoms with Crippen LogP contribution in [0.4, 0.5) is 11.8 Å². The van der Waals surface area contributed by atoms with Gasteiger partial charge in [-0.25, -0.2) is 4.98 Å². The molecule has 1 atom stereocenters. The van der Waals surface area contributed by atoms with Crippen LogP contribution in [0.15, 0.2) is 60.7 Å². The average molecular weight is 459 g/mol. The highest BCUT2D eigenvalue weighted by Crippen LogP contribution is 2.31. The highest BCUT2D eigenvalue weighted by molar-refractivity contribution is 5.87. The highest BCUT2D eigenvalue weighted by Gasteiger charge is 2.23. The van der Waals surface area contributed by atoms with Gasteiger partial charge in [0.1, 0.15) is 5.52 Å². The molecule has 0 spiro atoms. The normalized spacial score (nSPS) is 16.7. The summed E-state index contributed by atoms with van der Waals surface area (Å²) in [6.45, 7) is 4.11. The fourth-order valence-electron chi connectivity index (χ4n) is 4.07. The molecule has 3 aromatic heterocycles. The number of carbonyl (C=O) groups is 1. The zero-order valence-electron chi connectivity index (χ0n) is 19.0. The van der Waals surface area contributed by atoms with Crippen molar-refractivity contribution in [2.75, 3.05) is 36.5 Å². The molecule has 1 aliphatic heterocycles. The lowest BCUT2D eigenvalue weighted by molar-refractivity contribution is -0.144. The van der Waals surface area contributed by atoms with Crippen LogP contribution >= 0.6 is 0 Å². The summed E-state index contributed by atoms with van der Waals surface area (Å²) in [5.74, 6) is 0.869. The summed E-state index contributed by atoms with van der Waals surface area (Å²) < 4.78 is 11.2. The lowest BCUT2D eigenvalue weighted by Gasteiger charge is -2.28. The van der Waals surface area contributed by atoms with Gasteiger partial charge in [0.05, 0.1) is 18.7 Å². The maximum atomic E-state index is 11.9. The zero-order valence-corrected chi connectivity index (χ0v) is 19.0. The Hall–Kier alpha value is -3.85. The molecule has 0 bridgehead atoms. The van der Waals surface area contributed by atoms with Gasteiger partial charge in [-0.1, -0.05) is 18.2 Å². The van der Waals surface area contributed by atoms with E-state index in [0.29, 0.717) is 35.8 Å². The molecule has 9 nitrogen and oxygen atoms in total.